The predicted octanol–water partition coefficient (Wildman–Crippen LogP) is 3.21. The third-order valence-corrected chi connectivity index (χ3v) is 6.67. The molecule has 34 heavy (non-hydrogen) atoms. The van der Waals surface area contributed by atoms with Crippen molar-refractivity contribution in [2.75, 3.05) is 33.2 Å². The lowest BCUT2D eigenvalue weighted by atomic mass is 10.1. The zero-order valence-corrected chi connectivity index (χ0v) is 20.2. The highest BCUT2D eigenvalue weighted by atomic mass is 35.5. The Morgan fingerprint density at radius 2 is 1.91 bits per heavy atom. The standard InChI is InChI=1S/C24H26Cl2N4O4/c1-29(24(33)22-18-4-2-3-5-19(18)23(32)28-27-22)13-15(31)14-30-10-8-16(9-11-30)34-17-6-7-20(25)21(26)12-17/h2-7,12,15-16,31H,8-11,13-14H2,1H3,(H,28,32)/t15-/m1/s1. The molecule has 0 saturated carbocycles. The maximum Gasteiger partial charge on any atom is 0.274 e. The average molecular weight is 505 g/mol. The van der Waals surface area contributed by atoms with Crippen LogP contribution in [0.3, 0.4) is 0 Å². The number of hydrogen-bond acceptors (Lipinski definition) is 6. The molecule has 8 nitrogen and oxygen atoms in total. The van der Waals surface area contributed by atoms with Gasteiger partial charge >= 0.3 is 0 Å². The second-order valence-corrected chi connectivity index (χ2v) is 9.29. The molecule has 1 atom stereocenters. The lowest BCUT2D eigenvalue weighted by molar-refractivity contribution is 0.0427. The van der Waals surface area contributed by atoms with Crippen LogP contribution in [0.15, 0.2) is 47.3 Å². The Kier molecular flexibility index (Phi) is 7.73. The van der Waals surface area contributed by atoms with Crippen LogP contribution in [0, 0.1) is 0 Å². The van der Waals surface area contributed by atoms with Gasteiger partial charge in [-0.15, -0.1) is 0 Å². The van der Waals surface area contributed by atoms with Crippen molar-refractivity contribution in [3.8, 4) is 5.75 Å². The van der Waals surface area contributed by atoms with Gasteiger partial charge in [-0.2, -0.15) is 5.10 Å². The minimum Gasteiger partial charge on any atom is -0.490 e. The van der Waals surface area contributed by atoms with Crippen molar-refractivity contribution in [3.05, 3.63) is 68.6 Å². The summed E-state index contributed by atoms with van der Waals surface area (Å²) in [6, 6.07) is 12.1. The van der Waals surface area contributed by atoms with Crippen LogP contribution in [0.5, 0.6) is 5.75 Å². The van der Waals surface area contributed by atoms with Crippen molar-refractivity contribution in [1.82, 2.24) is 20.0 Å². The number of benzene rings is 2. The van der Waals surface area contributed by atoms with Gasteiger partial charge in [0.25, 0.3) is 11.5 Å². The Bertz CT molecular complexity index is 1230. The SMILES string of the molecule is CN(C[C@@H](O)CN1CCC(Oc2ccc(Cl)c(Cl)c2)CC1)C(=O)c1n[nH]c(=O)c2ccccc12. The van der Waals surface area contributed by atoms with Gasteiger partial charge in [-0.1, -0.05) is 41.4 Å². The first-order chi connectivity index (χ1) is 16.3. The number of likely N-dealkylation sites (N-methyl/N-ethyl adjacent to an activating group) is 1. The van der Waals surface area contributed by atoms with Crippen LogP contribution in [0.1, 0.15) is 23.3 Å². The normalized spacial score (nSPS) is 15.9. The number of β-amino-alcohol motifs (C(OH)–C–C–N with tert-alkyl or cyclic N) is 1. The van der Waals surface area contributed by atoms with E-state index in [0.29, 0.717) is 33.1 Å². The van der Waals surface area contributed by atoms with Gasteiger partial charge in [0, 0.05) is 44.7 Å². The summed E-state index contributed by atoms with van der Waals surface area (Å²) in [5.41, 5.74) is -0.188. The van der Waals surface area contributed by atoms with Gasteiger partial charge in [-0.05, 0) is 31.0 Å². The number of hydrogen-bond donors (Lipinski definition) is 2. The molecule has 0 unspecified atom stereocenters. The van der Waals surface area contributed by atoms with E-state index in [1.54, 1.807) is 49.5 Å². The molecular formula is C24H26Cl2N4O4. The van der Waals surface area contributed by atoms with Crippen LogP contribution in [-0.4, -0.2) is 76.4 Å². The highest BCUT2D eigenvalue weighted by Gasteiger charge is 2.25. The van der Waals surface area contributed by atoms with Gasteiger partial charge in [-0.3, -0.25) is 9.59 Å². The van der Waals surface area contributed by atoms with E-state index >= 15 is 0 Å². The van der Waals surface area contributed by atoms with E-state index in [-0.39, 0.29) is 29.8 Å². The first-order valence-corrected chi connectivity index (χ1v) is 11.8. The number of carbonyl (C=O) groups is 1. The lowest BCUT2D eigenvalue weighted by Gasteiger charge is -2.34. The number of aliphatic hydroxyl groups is 1. The summed E-state index contributed by atoms with van der Waals surface area (Å²) in [6.07, 6.45) is 0.967. The smallest absolute Gasteiger partial charge is 0.274 e. The van der Waals surface area contributed by atoms with Crippen molar-refractivity contribution < 1.29 is 14.6 Å². The number of nitrogens with zero attached hydrogens (tertiary/aromatic N) is 3. The minimum absolute atomic E-state index is 0.0643. The molecule has 2 aromatic carbocycles. The van der Waals surface area contributed by atoms with Crippen LogP contribution < -0.4 is 10.3 Å². The van der Waals surface area contributed by atoms with Crippen LogP contribution in [0.25, 0.3) is 10.8 Å². The Labute approximate surface area is 207 Å². The molecule has 2 heterocycles. The molecule has 180 valence electrons. The summed E-state index contributed by atoms with van der Waals surface area (Å²) in [5, 5.41) is 18.8. The monoisotopic (exact) mass is 504 g/mol. The van der Waals surface area contributed by atoms with Crippen molar-refractivity contribution >= 4 is 39.9 Å². The number of aliphatic hydroxyl groups excluding tert-OH is 1. The molecule has 1 fully saturated rings. The van der Waals surface area contributed by atoms with Crippen molar-refractivity contribution in [3.63, 3.8) is 0 Å². The number of halogens is 2. The minimum atomic E-state index is -0.726. The largest absolute Gasteiger partial charge is 0.490 e. The maximum absolute atomic E-state index is 12.9. The molecule has 0 spiro atoms. The van der Waals surface area contributed by atoms with E-state index in [0.717, 1.165) is 25.9 Å². The molecule has 1 aliphatic rings. The summed E-state index contributed by atoms with van der Waals surface area (Å²) in [7, 11) is 1.62. The molecule has 1 aliphatic heterocycles. The topological polar surface area (TPSA) is 98.8 Å². The second-order valence-electron chi connectivity index (χ2n) is 8.48. The van der Waals surface area contributed by atoms with Gasteiger partial charge in [0.2, 0.25) is 0 Å². The number of aromatic amines is 1. The fourth-order valence-electron chi connectivity index (χ4n) is 4.17. The highest BCUT2D eigenvalue weighted by Crippen LogP contribution is 2.28. The maximum atomic E-state index is 12.9. The van der Waals surface area contributed by atoms with Crippen molar-refractivity contribution in [1.29, 1.82) is 0 Å². The Balaban J connectivity index is 1.28. The van der Waals surface area contributed by atoms with E-state index in [4.69, 9.17) is 27.9 Å². The molecule has 4 rings (SSSR count). The number of fused-ring (bicyclic) bond motifs is 1. The lowest BCUT2D eigenvalue weighted by Crippen LogP contribution is -2.45. The molecule has 0 bridgehead atoms. The number of rotatable bonds is 7. The summed E-state index contributed by atoms with van der Waals surface area (Å²) in [6.45, 7) is 2.13. The van der Waals surface area contributed by atoms with Gasteiger partial charge in [-0.25, -0.2) is 5.10 Å². The number of aromatic nitrogens is 2. The van der Waals surface area contributed by atoms with E-state index in [2.05, 4.69) is 15.1 Å². The number of amides is 1. The number of likely N-dealkylation sites (tertiary alicyclic amines) is 1. The Morgan fingerprint density at radius 3 is 2.62 bits per heavy atom. The summed E-state index contributed by atoms with van der Waals surface area (Å²) < 4.78 is 6.02. The van der Waals surface area contributed by atoms with E-state index in [9.17, 15) is 14.7 Å². The number of ether oxygens (including phenoxy) is 1. The third-order valence-electron chi connectivity index (χ3n) is 5.93. The zero-order chi connectivity index (χ0) is 24.2. The van der Waals surface area contributed by atoms with Gasteiger partial charge in [0.15, 0.2) is 5.69 Å². The molecule has 0 aliphatic carbocycles. The van der Waals surface area contributed by atoms with Gasteiger partial charge in [0.1, 0.15) is 11.9 Å². The first-order valence-electron chi connectivity index (χ1n) is 11.1. The summed E-state index contributed by atoms with van der Waals surface area (Å²) >= 11 is 12.0. The molecule has 1 amide bonds. The van der Waals surface area contributed by atoms with Crippen molar-refractivity contribution in [2.24, 2.45) is 0 Å². The zero-order valence-electron chi connectivity index (χ0n) is 18.7. The third kappa shape index (κ3) is 5.70. The van der Waals surface area contributed by atoms with E-state index in [1.165, 1.54) is 4.90 Å². The van der Waals surface area contributed by atoms with E-state index < -0.39 is 6.10 Å². The molecule has 1 saturated heterocycles. The summed E-state index contributed by atoms with van der Waals surface area (Å²) in [5.74, 6) is 0.330. The number of carbonyl (C=O) groups excluding carboxylic acids is 1. The highest BCUT2D eigenvalue weighted by molar-refractivity contribution is 6.42. The van der Waals surface area contributed by atoms with Crippen LogP contribution in [0.2, 0.25) is 10.0 Å². The van der Waals surface area contributed by atoms with Gasteiger partial charge < -0.3 is 19.6 Å². The van der Waals surface area contributed by atoms with Gasteiger partial charge in [0.05, 0.1) is 21.5 Å². The summed E-state index contributed by atoms with van der Waals surface area (Å²) in [4.78, 5) is 28.5. The molecule has 0 radical (unpaired) electrons. The fraction of sp³-hybridized carbons (Fsp3) is 0.375. The Morgan fingerprint density at radius 1 is 1.21 bits per heavy atom. The fourth-order valence-corrected chi connectivity index (χ4v) is 4.45. The quantitative estimate of drug-likeness (QED) is 0.512. The number of piperidine rings is 1. The molecule has 1 aromatic heterocycles. The average Bonchev–Trinajstić information content (AvgIpc) is 2.82. The molecular weight excluding hydrogens is 479 g/mol. The van der Waals surface area contributed by atoms with Crippen molar-refractivity contribution in [2.45, 2.75) is 25.0 Å². The molecule has 10 heteroatoms. The first kappa shape index (κ1) is 24.5. The number of H-pyrrole nitrogens is 1. The van der Waals surface area contributed by atoms with Crippen LogP contribution >= 0.6 is 23.2 Å². The molecule has 3 aromatic rings. The van der Waals surface area contributed by atoms with Crippen LogP contribution in [0.4, 0.5) is 0 Å². The predicted molar refractivity (Wildman–Crippen MR) is 132 cm³/mol. The second kappa shape index (κ2) is 10.7. The Hall–Kier alpha value is -2.65. The van der Waals surface area contributed by atoms with E-state index in [1.807, 2.05) is 0 Å². The number of nitrogens with one attached hydrogen (secondary N) is 1. The molecule has 2 N–H and O–H groups in total. The van der Waals surface area contributed by atoms with Crippen LogP contribution in [-0.2, 0) is 0 Å².